The van der Waals surface area contributed by atoms with Crippen molar-refractivity contribution in [1.82, 2.24) is 4.98 Å². The fourth-order valence-corrected chi connectivity index (χ4v) is 7.18. The van der Waals surface area contributed by atoms with Gasteiger partial charge in [-0.15, -0.1) is 0 Å². The van der Waals surface area contributed by atoms with Gasteiger partial charge >= 0.3 is 0 Å². The molecule has 10 rings (SSSR count). The van der Waals surface area contributed by atoms with Crippen molar-refractivity contribution in [3.8, 4) is 33.7 Å². The number of furan rings is 1. The van der Waals surface area contributed by atoms with E-state index in [1.54, 1.807) is 0 Å². The van der Waals surface area contributed by atoms with E-state index in [4.69, 9.17) is 13.8 Å². The van der Waals surface area contributed by atoms with E-state index in [1.165, 1.54) is 16.3 Å². The number of anilines is 3. The van der Waals surface area contributed by atoms with Crippen LogP contribution in [-0.4, -0.2) is 4.98 Å². The van der Waals surface area contributed by atoms with Crippen LogP contribution in [0.4, 0.5) is 17.1 Å². The van der Waals surface area contributed by atoms with Gasteiger partial charge < -0.3 is 13.7 Å². The second-order valence-electron chi connectivity index (χ2n) is 12.8. The molecule has 0 amide bonds. The number of para-hydroxylation sites is 1. The number of rotatable bonds is 6. The SMILES string of the molecule is c1ccc(-c2cccc(N(c3ccc(-c4ccc5ccccc5c4)cc3)c3cc4nc(-c5ccccc5)oc4c4c3oc3ccccc34)c2)cc1. The molecule has 2 heterocycles. The largest absolute Gasteiger partial charge is 0.454 e. The van der Waals surface area contributed by atoms with Crippen molar-refractivity contribution >= 4 is 60.9 Å². The van der Waals surface area contributed by atoms with Gasteiger partial charge in [-0.3, -0.25) is 0 Å². The summed E-state index contributed by atoms with van der Waals surface area (Å²) in [6, 6.07) is 63.3. The van der Waals surface area contributed by atoms with Crippen LogP contribution in [0.25, 0.3) is 77.5 Å². The highest BCUT2D eigenvalue weighted by molar-refractivity contribution is 6.21. The van der Waals surface area contributed by atoms with Crippen LogP contribution < -0.4 is 4.90 Å². The van der Waals surface area contributed by atoms with Crippen molar-refractivity contribution in [3.05, 3.63) is 182 Å². The summed E-state index contributed by atoms with van der Waals surface area (Å²) in [4.78, 5) is 7.33. The van der Waals surface area contributed by atoms with Gasteiger partial charge in [-0.2, -0.15) is 0 Å². The average molecular weight is 655 g/mol. The minimum absolute atomic E-state index is 0.576. The molecule has 0 aliphatic carbocycles. The zero-order valence-electron chi connectivity index (χ0n) is 27.5. The Labute approximate surface area is 294 Å². The summed E-state index contributed by atoms with van der Waals surface area (Å²) in [5, 5.41) is 4.35. The Morgan fingerprint density at radius 3 is 1.88 bits per heavy atom. The number of nitrogens with zero attached hydrogens (tertiary/aromatic N) is 2. The molecule has 0 saturated carbocycles. The topological polar surface area (TPSA) is 42.4 Å². The van der Waals surface area contributed by atoms with E-state index in [1.807, 2.05) is 54.6 Å². The summed E-state index contributed by atoms with van der Waals surface area (Å²) in [5.41, 5.74) is 11.4. The molecule has 0 unspecified atom stereocenters. The summed E-state index contributed by atoms with van der Waals surface area (Å²) in [7, 11) is 0. The number of hydrogen-bond acceptors (Lipinski definition) is 4. The molecule has 10 aromatic rings. The summed E-state index contributed by atoms with van der Waals surface area (Å²) >= 11 is 0. The number of fused-ring (bicyclic) bond motifs is 6. The normalized spacial score (nSPS) is 11.5. The van der Waals surface area contributed by atoms with Crippen molar-refractivity contribution in [1.29, 1.82) is 0 Å². The van der Waals surface area contributed by atoms with Crippen molar-refractivity contribution in [2.75, 3.05) is 4.90 Å². The number of hydrogen-bond donors (Lipinski definition) is 0. The molecule has 240 valence electrons. The van der Waals surface area contributed by atoms with Crippen LogP contribution in [0, 0.1) is 0 Å². The monoisotopic (exact) mass is 654 g/mol. The third-order valence-corrected chi connectivity index (χ3v) is 9.66. The van der Waals surface area contributed by atoms with Crippen LogP contribution in [0.15, 0.2) is 191 Å². The first-order valence-electron chi connectivity index (χ1n) is 17.1. The lowest BCUT2D eigenvalue weighted by Gasteiger charge is -2.26. The Balaban J connectivity index is 1.21. The minimum Gasteiger partial charge on any atom is -0.454 e. The molecule has 0 bridgehead atoms. The Morgan fingerprint density at radius 2 is 1.06 bits per heavy atom. The van der Waals surface area contributed by atoms with E-state index < -0.39 is 0 Å². The van der Waals surface area contributed by atoms with Gasteiger partial charge in [-0.1, -0.05) is 127 Å². The molecule has 0 saturated heterocycles. The first kappa shape index (κ1) is 29.0. The van der Waals surface area contributed by atoms with Crippen LogP contribution in [0.1, 0.15) is 0 Å². The van der Waals surface area contributed by atoms with Crippen molar-refractivity contribution in [3.63, 3.8) is 0 Å². The highest BCUT2D eigenvalue weighted by atomic mass is 16.4. The molecule has 4 heteroatoms. The zero-order valence-corrected chi connectivity index (χ0v) is 27.5. The van der Waals surface area contributed by atoms with Gasteiger partial charge in [0.1, 0.15) is 11.1 Å². The highest BCUT2D eigenvalue weighted by Gasteiger charge is 2.25. The Bertz CT molecular complexity index is 2850. The van der Waals surface area contributed by atoms with Crippen LogP contribution in [0.5, 0.6) is 0 Å². The zero-order chi connectivity index (χ0) is 33.7. The third-order valence-electron chi connectivity index (χ3n) is 9.66. The molecule has 4 nitrogen and oxygen atoms in total. The molecule has 0 radical (unpaired) electrons. The van der Waals surface area contributed by atoms with E-state index in [2.05, 4.69) is 132 Å². The molecule has 51 heavy (non-hydrogen) atoms. The minimum atomic E-state index is 0.576. The van der Waals surface area contributed by atoms with Gasteiger partial charge in [0.05, 0.1) is 11.1 Å². The van der Waals surface area contributed by atoms with Gasteiger partial charge in [0.2, 0.25) is 5.89 Å². The molecule has 0 aliphatic rings. The summed E-state index contributed by atoms with van der Waals surface area (Å²) < 4.78 is 13.3. The van der Waals surface area contributed by atoms with E-state index in [-0.39, 0.29) is 0 Å². The highest BCUT2D eigenvalue weighted by Crippen LogP contribution is 2.47. The predicted octanol–water partition coefficient (Wildman–Crippen LogP) is 13.4. The maximum Gasteiger partial charge on any atom is 0.227 e. The third kappa shape index (κ3) is 5.04. The number of aromatic nitrogens is 1. The Kier molecular flexibility index (Phi) is 6.78. The lowest BCUT2D eigenvalue weighted by Crippen LogP contribution is -2.10. The first-order chi connectivity index (χ1) is 25.3. The smallest absolute Gasteiger partial charge is 0.227 e. The van der Waals surface area contributed by atoms with Crippen LogP contribution >= 0.6 is 0 Å². The lowest BCUT2D eigenvalue weighted by molar-refractivity contribution is 0.622. The molecule has 0 fully saturated rings. The second-order valence-corrected chi connectivity index (χ2v) is 12.8. The summed E-state index contributed by atoms with van der Waals surface area (Å²) in [5.74, 6) is 0.576. The summed E-state index contributed by atoms with van der Waals surface area (Å²) in [6.07, 6.45) is 0. The molecule has 0 N–H and O–H groups in total. The van der Waals surface area contributed by atoms with Crippen LogP contribution in [-0.2, 0) is 0 Å². The van der Waals surface area contributed by atoms with E-state index in [0.717, 1.165) is 66.8 Å². The number of benzene rings is 8. The molecule has 0 atom stereocenters. The lowest BCUT2D eigenvalue weighted by atomic mass is 10.0. The maximum atomic E-state index is 6.75. The standard InChI is InChI=1S/C47H30N2O2/c1-3-12-31(13-4-1)36-18-11-19-39(29-36)49(38-26-24-33(25-27-38)37-23-22-32-14-7-8-17-35(32)28-37)42-30-41-45(51-47(48-41)34-15-5-2-6-16-34)44-40-20-9-10-21-43(40)50-46(42)44/h1-30H. The Hall–Kier alpha value is -6.91. The van der Waals surface area contributed by atoms with Crippen molar-refractivity contribution in [2.45, 2.75) is 0 Å². The van der Waals surface area contributed by atoms with E-state index >= 15 is 0 Å². The predicted molar refractivity (Wildman–Crippen MR) is 210 cm³/mol. The fourth-order valence-electron chi connectivity index (χ4n) is 7.18. The van der Waals surface area contributed by atoms with Crippen molar-refractivity contribution in [2.24, 2.45) is 0 Å². The molecule has 2 aromatic heterocycles. The van der Waals surface area contributed by atoms with Gasteiger partial charge in [-0.25, -0.2) is 4.98 Å². The maximum absolute atomic E-state index is 6.75. The van der Waals surface area contributed by atoms with Gasteiger partial charge in [0.15, 0.2) is 11.2 Å². The van der Waals surface area contributed by atoms with Crippen molar-refractivity contribution < 1.29 is 8.83 Å². The molecule has 0 aliphatic heterocycles. The van der Waals surface area contributed by atoms with Crippen LogP contribution in [0.3, 0.4) is 0 Å². The van der Waals surface area contributed by atoms with Crippen LogP contribution in [0.2, 0.25) is 0 Å². The van der Waals surface area contributed by atoms with E-state index in [0.29, 0.717) is 11.5 Å². The van der Waals surface area contributed by atoms with Gasteiger partial charge in [-0.05, 0) is 87.6 Å². The Morgan fingerprint density at radius 1 is 0.412 bits per heavy atom. The molecular formula is C47H30N2O2. The molecule has 0 spiro atoms. The quantitative estimate of drug-likeness (QED) is 0.179. The average Bonchev–Trinajstić information content (AvgIpc) is 3.81. The fraction of sp³-hybridized carbons (Fsp3) is 0. The molecular weight excluding hydrogens is 625 g/mol. The number of oxazole rings is 1. The van der Waals surface area contributed by atoms with Gasteiger partial charge in [0.25, 0.3) is 0 Å². The molecule has 8 aromatic carbocycles. The first-order valence-corrected chi connectivity index (χ1v) is 17.1. The second kappa shape index (κ2) is 11.9. The van der Waals surface area contributed by atoms with Gasteiger partial charge in [0, 0.05) is 22.3 Å². The summed E-state index contributed by atoms with van der Waals surface area (Å²) in [6.45, 7) is 0. The van der Waals surface area contributed by atoms with E-state index in [9.17, 15) is 0 Å².